The predicted octanol–water partition coefficient (Wildman–Crippen LogP) is 1.62. The average Bonchev–Trinajstić information content (AvgIpc) is 2.40. The number of amides is 1. The summed E-state index contributed by atoms with van der Waals surface area (Å²) in [5.41, 5.74) is 1.17. The molecular formula is C14H21ClN2O2. The lowest BCUT2D eigenvalue weighted by Crippen LogP contribution is -2.46. The zero-order valence-corrected chi connectivity index (χ0v) is 12.0. The van der Waals surface area contributed by atoms with E-state index in [0.717, 1.165) is 31.9 Å². The van der Waals surface area contributed by atoms with Crippen LogP contribution in [0.1, 0.15) is 12.0 Å². The minimum Gasteiger partial charge on any atom is -0.493 e. The molecule has 1 fully saturated rings. The van der Waals surface area contributed by atoms with Crippen molar-refractivity contribution in [2.24, 2.45) is 0 Å². The van der Waals surface area contributed by atoms with Crippen molar-refractivity contribution in [3.8, 4) is 5.75 Å². The SMILES string of the molecule is Cc1cccc(OCCC(=O)N2CCNCC2)c1.Cl. The van der Waals surface area contributed by atoms with Gasteiger partial charge in [-0.1, -0.05) is 12.1 Å². The Morgan fingerprint density at radius 3 is 2.79 bits per heavy atom. The molecule has 0 atom stereocenters. The summed E-state index contributed by atoms with van der Waals surface area (Å²) >= 11 is 0. The lowest BCUT2D eigenvalue weighted by Gasteiger charge is -2.27. The predicted molar refractivity (Wildman–Crippen MR) is 78.0 cm³/mol. The molecule has 2 rings (SSSR count). The maximum atomic E-state index is 11.9. The van der Waals surface area contributed by atoms with Crippen molar-refractivity contribution in [1.29, 1.82) is 0 Å². The van der Waals surface area contributed by atoms with Crippen LogP contribution in [0.4, 0.5) is 0 Å². The van der Waals surface area contributed by atoms with Gasteiger partial charge in [0.25, 0.3) is 0 Å². The highest BCUT2D eigenvalue weighted by molar-refractivity contribution is 5.85. The summed E-state index contributed by atoms with van der Waals surface area (Å²) in [6.45, 7) is 5.88. The largest absolute Gasteiger partial charge is 0.493 e. The number of hydrogen-bond acceptors (Lipinski definition) is 3. The zero-order chi connectivity index (χ0) is 12.8. The van der Waals surface area contributed by atoms with Crippen LogP contribution in [0, 0.1) is 6.92 Å². The molecule has 19 heavy (non-hydrogen) atoms. The summed E-state index contributed by atoms with van der Waals surface area (Å²) in [6.07, 6.45) is 0.452. The molecule has 1 aromatic carbocycles. The van der Waals surface area contributed by atoms with Crippen LogP contribution in [-0.2, 0) is 4.79 Å². The Morgan fingerprint density at radius 2 is 2.11 bits per heavy atom. The third-order valence-electron chi connectivity index (χ3n) is 3.04. The van der Waals surface area contributed by atoms with Gasteiger partial charge in [0.05, 0.1) is 13.0 Å². The topological polar surface area (TPSA) is 41.6 Å². The summed E-state index contributed by atoms with van der Waals surface area (Å²) in [4.78, 5) is 13.8. The summed E-state index contributed by atoms with van der Waals surface area (Å²) in [5, 5.41) is 3.23. The molecular weight excluding hydrogens is 264 g/mol. The van der Waals surface area contributed by atoms with Gasteiger partial charge in [0.2, 0.25) is 5.91 Å². The number of carbonyl (C=O) groups is 1. The van der Waals surface area contributed by atoms with Crippen LogP contribution in [0.5, 0.6) is 5.75 Å². The van der Waals surface area contributed by atoms with E-state index in [1.807, 2.05) is 36.1 Å². The maximum Gasteiger partial charge on any atom is 0.226 e. The van der Waals surface area contributed by atoms with E-state index < -0.39 is 0 Å². The van der Waals surface area contributed by atoms with Gasteiger partial charge in [0.15, 0.2) is 0 Å². The molecule has 1 amide bonds. The van der Waals surface area contributed by atoms with E-state index in [0.29, 0.717) is 13.0 Å². The fourth-order valence-corrected chi connectivity index (χ4v) is 2.03. The quantitative estimate of drug-likeness (QED) is 0.913. The highest BCUT2D eigenvalue weighted by Crippen LogP contribution is 2.12. The van der Waals surface area contributed by atoms with Gasteiger partial charge in [0, 0.05) is 26.2 Å². The van der Waals surface area contributed by atoms with E-state index in [1.54, 1.807) is 0 Å². The summed E-state index contributed by atoms with van der Waals surface area (Å²) in [6, 6.07) is 7.89. The molecule has 0 radical (unpaired) electrons. The van der Waals surface area contributed by atoms with E-state index >= 15 is 0 Å². The van der Waals surface area contributed by atoms with E-state index in [9.17, 15) is 4.79 Å². The Balaban J connectivity index is 0.00000180. The Bertz CT molecular complexity index is 406. The van der Waals surface area contributed by atoms with Crippen LogP contribution >= 0.6 is 12.4 Å². The van der Waals surface area contributed by atoms with E-state index in [-0.39, 0.29) is 18.3 Å². The van der Waals surface area contributed by atoms with E-state index in [4.69, 9.17) is 4.74 Å². The Labute approximate surface area is 120 Å². The first-order chi connectivity index (χ1) is 8.75. The Kier molecular flexibility index (Phi) is 6.67. The number of piperazine rings is 1. The number of aryl methyl sites for hydroxylation is 1. The molecule has 5 heteroatoms. The van der Waals surface area contributed by atoms with Crippen molar-refractivity contribution in [2.75, 3.05) is 32.8 Å². The van der Waals surface area contributed by atoms with Gasteiger partial charge in [-0.25, -0.2) is 0 Å². The van der Waals surface area contributed by atoms with E-state index in [1.165, 1.54) is 5.56 Å². The zero-order valence-electron chi connectivity index (χ0n) is 11.2. The number of halogens is 1. The first-order valence-corrected chi connectivity index (χ1v) is 6.44. The molecule has 1 saturated heterocycles. The van der Waals surface area contributed by atoms with Gasteiger partial charge >= 0.3 is 0 Å². The van der Waals surface area contributed by atoms with Crippen LogP contribution in [0.15, 0.2) is 24.3 Å². The minimum atomic E-state index is 0. The van der Waals surface area contributed by atoms with E-state index in [2.05, 4.69) is 5.32 Å². The highest BCUT2D eigenvalue weighted by Gasteiger charge is 2.15. The van der Waals surface area contributed by atoms with Crippen molar-refractivity contribution < 1.29 is 9.53 Å². The number of nitrogens with one attached hydrogen (secondary N) is 1. The van der Waals surface area contributed by atoms with Gasteiger partial charge in [-0.15, -0.1) is 12.4 Å². The molecule has 1 heterocycles. The third-order valence-corrected chi connectivity index (χ3v) is 3.04. The Morgan fingerprint density at radius 1 is 1.37 bits per heavy atom. The molecule has 1 N–H and O–H groups in total. The number of carbonyl (C=O) groups excluding carboxylic acids is 1. The van der Waals surface area contributed by atoms with Crippen molar-refractivity contribution in [3.05, 3.63) is 29.8 Å². The fraction of sp³-hybridized carbons (Fsp3) is 0.500. The first-order valence-electron chi connectivity index (χ1n) is 6.44. The van der Waals surface area contributed by atoms with Crippen LogP contribution in [-0.4, -0.2) is 43.6 Å². The normalized spacial score (nSPS) is 14.7. The standard InChI is InChI=1S/C14H20N2O2.ClH/c1-12-3-2-4-13(11-12)18-10-5-14(17)16-8-6-15-7-9-16;/h2-4,11,15H,5-10H2,1H3;1H. The monoisotopic (exact) mass is 284 g/mol. The summed E-state index contributed by atoms with van der Waals surface area (Å²) in [7, 11) is 0. The fourth-order valence-electron chi connectivity index (χ4n) is 2.03. The van der Waals surface area contributed by atoms with Crippen molar-refractivity contribution in [3.63, 3.8) is 0 Å². The number of nitrogens with zero attached hydrogens (tertiary/aromatic N) is 1. The average molecular weight is 285 g/mol. The second-order valence-corrected chi connectivity index (χ2v) is 4.55. The molecule has 4 nitrogen and oxygen atoms in total. The second-order valence-electron chi connectivity index (χ2n) is 4.55. The van der Waals surface area contributed by atoms with Gasteiger partial charge in [-0.2, -0.15) is 0 Å². The van der Waals surface area contributed by atoms with Gasteiger partial charge < -0.3 is 15.0 Å². The number of benzene rings is 1. The van der Waals surface area contributed by atoms with Crippen molar-refractivity contribution in [2.45, 2.75) is 13.3 Å². The summed E-state index contributed by atoms with van der Waals surface area (Å²) in [5.74, 6) is 1.02. The molecule has 1 aliphatic heterocycles. The molecule has 0 spiro atoms. The molecule has 1 aromatic rings. The second kappa shape index (κ2) is 8.02. The van der Waals surface area contributed by atoms with Crippen LogP contribution in [0.2, 0.25) is 0 Å². The van der Waals surface area contributed by atoms with Crippen LogP contribution in [0.3, 0.4) is 0 Å². The molecule has 106 valence electrons. The number of ether oxygens (including phenoxy) is 1. The van der Waals surface area contributed by atoms with Crippen molar-refractivity contribution in [1.82, 2.24) is 10.2 Å². The van der Waals surface area contributed by atoms with Crippen LogP contribution in [0.25, 0.3) is 0 Å². The smallest absolute Gasteiger partial charge is 0.226 e. The molecule has 1 aliphatic rings. The van der Waals surface area contributed by atoms with Gasteiger partial charge in [-0.05, 0) is 24.6 Å². The molecule has 0 aromatic heterocycles. The minimum absolute atomic E-state index is 0. The lowest BCUT2D eigenvalue weighted by molar-refractivity contribution is -0.132. The molecule has 0 bridgehead atoms. The Hall–Kier alpha value is -1.26. The first kappa shape index (κ1) is 15.8. The molecule has 0 saturated carbocycles. The number of hydrogen-bond donors (Lipinski definition) is 1. The van der Waals surface area contributed by atoms with Crippen LogP contribution < -0.4 is 10.1 Å². The van der Waals surface area contributed by atoms with Gasteiger partial charge in [0.1, 0.15) is 5.75 Å². The highest BCUT2D eigenvalue weighted by atomic mass is 35.5. The maximum absolute atomic E-state index is 11.9. The third kappa shape index (κ3) is 5.09. The summed E-state index contributed by atoms with van der Waals surface area (Å²) < 4.78 is 5.59. The number of rotatable bonds is 4. The van der Waals surface area contributed by atoms with Crippen molar-refractivity contribution >= 4 is 18.3 Å². The lowest BCUT2D eigenvalue weighted by atomic mass is 10.2. The van der Waals surface area contributed by atoms with Gasteiger partial charge in [-0.3, -0.25) is 4.79 Å². The molecule has 0 unspecified atom stereocenters. The molecule has 0 aliphatic carbocycles.